The van der Waals surface area contributed by atoms with Crippen LogP contribution in [-0.4, -0.2) is 31.8 Å². The number of esters is 2. The first-order valence-electron chi connectivity index (χ1n) is 11.3. The highest BCUT2D eigenvalue weighted by molar-refractivity contribution is 7.70. The average Bonchev–Trinajstić information content (AvgIpc) is 2.69. The molecule has 1 heterocycles. The van der Waals surface area contributed by atoms with E-state index >= 15 is 0 Å². The third kappa shape index (κ3) is 5.45. The Morgan fingerprint density at radius 1 is 0.812 bits per heavy atom. The molecule has 0 saturated heterocycles. The Hall–Kier alpha value is -1.67. The minimum atomic E-state index is -1.13. The maximum absolute atomic E-state index is 13.1. The highest BCUT2D eigenvalue weighted by Crippen LogP contribution is 2.54. The quantitative estimate of drug-likeness (QED) is 0.414. The lowest BCUT2D eigenvalue weighted by molar-refractivity contribution is -0.151. The Balaban J connectivity index is 2.95. The molecule has 1 aromatic carbocycles. The van der Waals surface area contributed by atoms with Crippen LogP contribution in [-0.2, 0) is 35.3 Å². The lowest BCUT2D eigenvalue weighted by Gasteiger charge is -2.39. The third-order valence-electron chi connectivity index (χ3n) is 6.13. The number of hydrogen-bond acceptors (Lipinski definition) is 4. The zero-order chi connectivity index (χ0) is 24.6. The van der Waals surface area contributed by atoms with Gasteiger partial charge in [0.25, 0.3) is 0 Å². The van der Waals surface area contributed by atoms with E-state index in [1.807, 2.05) is 6.08 Å². The molecule has 1 aromatic rings. The molecule has 178 valence electrons. The molecule has 5 heteroatoms. The maximum Gasteiger partial charge on any atom is 0.314 e. The van der Waals surface area contributed by atoms with Gasteiger partial charge in [-0.1, -0.05) is 86.3 Å². The van der Waals surface area contributed by atoms with Crippen LogP contribution in [0.3, 0.4) is 0 Å². The number of rotatable bonds is 3. The second-order valence-electron chi connectivity index (χ2n) is 11.8. The van der Waals surface area contributed by atoms with Crippen LogP contribution >= 0.6 is 7.92 Å². The first-order valence-corrected chi connectivity index (χ1v) is 12.8. The van der Waals surface area contributed by atoms with E-state index in [0.717, 1.165) is 0 Å². The number of ether oxygens (including phenoxy) is 2. The van der Waals surface area contributed by atoms with Gasteiger partial charge >= 0.3 is 11.9 Å². The molecule has 0 aliphatic carbocycles. The SMILES string of the molecule is COC(=O)[C@H]1CC=CP(c2c(C(C)(C)C)cc(C(C)(C)C)cc2C(C)(C)C)[C@@H]1C(=O)OC. The molecule has 32 heavy (non-hydrogen) atoms. The summed E-state index contributed by atoms with van der Waals surface area (Å²) in [6.45, 7) is 20.0. The van der Waals surface area contributed by atoms with E-state index < -0.39 is 19.5 Å². The minimum Gasteiger partial charge on any atom is -0.469 e. The second kappa shape index (κ2) is 9.29. The molecular weight excluding hydrogens is 419 g/mol. The smallest absolute Gasteiger partial charge is 0.314 e. The molecule has 0 saturated carbocycles. The van der Waals surface area contributed by atoms with Gasteiger partial charge in [0, 0.05) is 0 Å². The van der Waals surface area contributed by atoms with Crippen molar-refractivity contribution in [2.24, 2.45) is 5.92 Å². The molecule has 0 bridgehead atoms. The average molecular weight is 461 g/mol. The number of carbonyl (C=O) groups excluding carboxylic acids is 2. The molecule has 1 aliphatic rings. The second-order valence-corrected chi connectivity index (χ2v) is 13.9. The summed E-state index contributed by atoms with van der Waals surface area (Å²) in [6.07, 6.45) is 2.53. The summed E-state index contributed by atoms with van der Waals surface area (Å²) in [5.41, 5.74) is 2.93. The van der Waals surface area contributed by atoms with Crippen LogP contribution in [0.4, 0.5) is 0 Å². The molecule has 1 aliphatic heterocycles. The van der Waals surface area contributed by atoms with Crippen LogP contribution in [0.5, 0.6) is 0 Å². The van der Waals surface area contributed by atoms with Gasteiger partial charge in [-0.2, -0.15) is 0 Å². The van der Waals surface area contributed by atoms with Crippen molar-refractivity contribution in [3.05, 3.63) is 40.7 Å². The van der Waals surface area contributed by atoms with Crippen molar-refractivity contribution in [3.8, 4) is 0 Å². The van der Waals surface area contributed by atoms with Gasteiger partial charge in [-0.15, -0.1) is 0 Å². The number of allylic oxidation sites excluding steroid dienone is 1. The maximum atomic E-state index is 13.1. The normalized spacial score (nSPS) is 21.9. The van der Waals surface area contributed by atoms with Crippen LogP contribution in [0.15, 0.2) is 24.0 Å². The van der Waals surface area contributed by atoms with Crippen molar-refractivity contribution in [3.63, 3.8) is 0 Å². The van der Waals surface area contributed by atoms with E-state index in [0.29, 0.717) is 6.42 Å². The molecule has 0 amide bonds. The number of carbonyl (C=O) groups is 2. The van der Waals surface area contributed by atoms with Crippen molar-refractivity contribution in [1.29, 1.82) is 0 Å². The van der Waals surface area contributed by atoms with Gasteiger partial charge in [-0.3, -0.25) is 9.59 Å². The molecule has 0 spiro atoms. The first-order chi connectivity index (χ1) is 14.5. The molecule has 3 atom stereocenters. The van der Waals surface area contributed by atoms with Crippen molar-refractivity contribution in [1.82, 2.24) is 0 Å². The zero-order valence-corrected chi connectivity index (χ0v) is 22.6. The highest BCUT2D eigenvalue weighted by Gasteiger charge is 2.45. The number of benzene rings is 1. The molecular formula is C27H41O4P. The fourth-order valence-electron chi connectivity index (χ4n) is 4.21. The fraction of sp³-hybridized carbons (Fsp3) is 0.630. The summed E-state index contributed by atoms with van der Waals surface area (Å²) in [5.74, 6) is 0.938. The van der Waals surface area contributed by atoms with Gasteiger partial charge in [0.1, 0.15) is 0 Å². The Labute approximate surface area is 195 Å². The van der Waals surface area contributed by atoms with E-state index in [1.54, 1.807) is 0 Å². The van der Waals surface area contributed by atoms with Crippen LogP contribution in [0.2, 0.25) is 0 Å². The van der Waals surface area contributed by atoms with E-state index in [2.05, 4.69) is 80.3 Å². The Morgan fingerprint density at radius 3 is 1.66 bits per heavy atom. The zero-order valence-electron chi connectivity index (χ0n) is 21.8. The van der Waals surface area contributed by atoms with Gasteiger partial charge in [-0.05, 0) is 52.6 Å². The van der Waals surface area contributed by atoms with Crippen molar-refractivity contribution in [2.45, 2.75) is 90.6 Å². The summed E-state index contributed by atoms with van der Waals surface area (Å²) >= 11 is 0. The van der Waals surface area contributed by atoms with Crippen molar-refractivity contribution < 1.29 is 19.1 Å². The third-order valence-corrected chi connectivity index (χ3v) is 8.83. The van der Waals surface area contributed by atoms with Gasteiger partial charge < -0.3 is 9.47 Å². The number of methoxy groups -OCH3 is 2. The molecule has 0 N–H and O–H groups in total. The van der Waals surface area contributed by atoms with E-state index in [1.165, 1.54) is 36.2 Å². The van der Waals surface area contributed by atoms with Crippen LogP contribution in [0.25, 0.3) is 0 Å². The molecule has 2 rings (SSSR count). The van der Waals surface area contributed by atoms with Gasteiger partial charge in [0.05, 0.1) is 25.8 Å². The standard InChI is InChI=1S/C27H41O4P/c1-25(2,3)17-15-19(26(4,5)6)22(20(16-17)27(7,8)9)32-14-12-13-18(23(28)30-10)21(32)24(29)31-11/h12,14-16,18,21H,13H2,1-11H3/t18-,21-,32?/m0/s1. The molecule has 1 unspecified atom stereocenters. The van der Waals surface area contributed by atoms with Crippen molar-refractivity contribution in [2.75, 3.05) is 14.2 Å². The summed E-state index contributed by atoms with van der Waals surface area (Å²) < 4.78 is 10.3. The molecule has 0 fully saturated rings. The fourth-order valence-corrected chi connectivity index (χ4v) is 7.50. The van der Waals surface area contributed by atoms with E-state index in [4.69, 9.17) is 9.47 Å². The summed E-state index contributed by atoms with van der Waals surface area (Å²) in [5, 5.41) is 1.20. The number of hydrogen-bond donors (Lipinski definition) is 0. The van der Waals surface area contributed by atoms with E-state index in [-0.39, 0.29) is 28.2 Å². The Kier molecular flexibility index (Phi) is 7.72. The summed E-state index contributed by atoms with van der Waals surface area (Å²) in [6, 6.07) is 4.63. The Bertz CT molecular complexity index is 859. The predicted octanol–water partition coefficient (Wildman–Crippen LogP) is 5.93. The lowest BCUT2D eigenvalue weighted by atomic mass is 9.75. The molecule has 4 nitrogen and oxygen atoms in total. The molecule has 0 radical (unpaired) electrons. The van der Waals surface area contributed by atoms with Crippen LogP contribution in [0.1, 0.15) is 85.4 Å². The van der Waals surface area contributed by atoms with E-state index in [9.17, 15) is 9.59 Å². The van der Waals surface area contributed by atoms with Gasteiger partial charge in [0.2, 0.25) is 0 Å². The summed E-state index contributed by atoms with van der Waals surface area (Å²) in [4.78, 5) is 25.8. The minimum absolute atomic E-state index is 0.00943. The van der Waals surface area contributed by atoms with Gasteiger partial charge in [-0.25, -0.2) is 0 Å². The lowest BCUT2D eigenvalue weighted by Crippen LogP contribution is -2.41. The van der Waals surface area contributed by atoms with Gasteiger partial charge in [0.15, 0.2) is 0 Å². The first kappa shape index (κ1) is 26.6. The van der Waals surface area contributed by atoms with Crippen LogP contribution < -0.4 is 5.30 Å². The van der Waals surface area contributed by atoms with Crippen LogP contribution in [0, 0.1) is 5.92 Å². The topological polar surface area (TPSA) is 52.6 Å². The summed E-state index contributed by atoms with van der Waals surface area (Å²) in [7, 11) is 1.66. The predicted molar refractivity (Wildman–Crippen MR) is 134 cm³/mol. The monoisotopic (exact) mass is 460 g/mol. The highest BCUT2D eigenvalue weighted by atomic mass is 31.1. The molecule has 0 aromatic heterocycles. The largest absolute Gasteiger partial charge is 0.469 e. The van der Waals surface area contributed by atoms with Crippen molar-refractivity contribution >= 4 is 25.2 Å². The Morgan fingerprint density at radius 2 is 1.28 bits per heavy atom.